The summed E-state index contributed by atoms with van der Waals surface area (Å²) in [7, 11) is 0. The molecule has 0 bridgehead atoms. The van der Waals surface area contributed by atoms with E-state index in [1.54, 1.807) is 0 Å². The van der Waals surface area contributed by atoms with E-state index in [0.29, 0.717) is 16.9 Å². The maximum Gasteiger partial charge on any atom is 0.573 e. The first-order valence-electron chi connectivity index (χ1n) is 5.31. The smallest absolute Gasteiger partial charge is 0.406 e. The molecule has 19 heavy (non-hydrogen) atoms. The van der Waals surface area contributed by atoms with Crippen molar-refractivity contribution in [1.82, 2.24) is 9.97 Å². The fourth-order valence-corrected chi connectivity index (χ4v) is 2.38. The molecule has 0 aliphatic heterocycles. The van der Waals surface area contributed by atoms with Crippen molar-refractivity contribution in [3.05, 3.63) is 35.7 Å². The Kier molecular flexibility index (Phi) is 2.70. The molecule has 7 heteroatoms. The summed E-state index contributed by atoms with van der Waals surface area (Å²) in [6.45, 7) is 0. The van der Waals surface area contributed by atoms with Crippen LogP contribution in [0, 0.1) is 0 Å². The van der Waals surface area contributed by atoms with E-state index >= 15 is 0 Å². The van der Waals surface area contributed by atoms with E-state index in [2.05, 4.69) is 14.7 Å². The summed E-state index contributed by atoms with van der Waals surface area (Å²) in [6, 6.07) is 7.80. The highest BCUT2D eigenvalue weighted by Crippen LogP contribution is 2.28. The van der Waals surface area contributed by atoms with Crippen molar-refractivity contribution in [3.8, 4) is 16.5 Å². The van der Waals surface area contributed by atoms with Gasteiger partial charge >= 0.3 is 6.36 Å². The molecule has 0 spiro atoms. The number of aromatic amines is 1. The van der Waals surface area contributed by atoms with Crippen LogP contribution in [-0.2, 0) is 0 Å². The van der Waals surface area contributed by atoms with Crippen LogP contribution in [0.4, 0.5) is 13.2 Å². The Hall–Kier alpha value is -2.02. The first kappa shape index (κ1) is 12.0. The number of hydrogen-bond acceptors (Lipinski definition) is 3. The first-order chi connectivity index (χ1) is 9.01. The third kappa shape index (κ3) is 2.55. The van der Waals surface area contributed by atoms with Crippen molar-refractivity contribution < 1.29 is 17.9 Å². The normalized spacial score (nSPS) is 11.9. The number of hydrogen-bond donors (Lipinski definition) is 1. The van der Waals surface area contributed by atoms with Gasteiger partial charge in [0.2, 0.25) is 0 Å². The summed E-state index contributed by atoms with van der Waals surface area (Å²) in [6.07, 6.45) is -4.69. The lowest BCUT2D eigenvalue weighted by Crippen LogP contribution is -2.16. The second-order valence-corrected chi connectivity index (χ2v) is 4.74. The molecule has 1 aromatic carbocycles. The lowest BCUT2D eigenvalue weighted by Gasteiger charge is -2.07. The molecule has 0 fully saturated rings. The summed E-state index contributed by atoms with van der Waals surface area (Å²) in [5.41, 5.74) is 1.10. The van der Waals surface area contributed by atoms with Crippen molar-refractivity contribution >= 4 is 22.4 Å². The zero-order valence-corrected chi connectivity index (χ0v) is 10.2. The summed E-state index contributed by atoms with van der Waals surface area (Å²) >= 11 is 1.50. The molecular formula is C12H7F3N2OS. The van der Waals surface area contributed by atoms with Crippen LogP contribution in [0.1, 0.15) is 0 Å². The van der Waals surface area contributed by atoms with Gasteiger partial charge in [-0.05, 0) is 23.6 Å². The number of rotatable bonds is 2. The van der Waals surface area contributed by atoms with Gasteiger partial charge in [-0.15, -0.1) is 24.5 Å². The number of fused-ring (bicyclic) bond motifs is 1. The van der Waals surface area contributed by atoms with Crippen molar-refractivity contribution in [2.75, 3.05) is 0 Å². The van der Waals surface area contributed by atoms with Gasteiger partial charge in [0.1, 0.15) is 11.6 Å². The Balaban J connectivity index is 2.00. The second-order valence-electron chi connectivity index (χ2n) is 3.79. The number of ether oxygens (including phenoxy) is 1. The van der Waals surface area contributed by atoms with Crippen LogP contribution < -0.4 is 4.74 Å². The van der Waals surface area contributed by atoms with E-state index < -0.39 is 6.36 Å². The van der Waals surface area contributed by atoms with Gasteiger partial charge in [-0.1, -0.05) is 6.07 Å². The molecule has 2 heterocycles. The number of aromatic nitrogens is 2. The topological polar surface area (TPSA) is 37.9 Å². The molecule has 0 aliphatic rings. The van der Waals surface area contributed by atoms with Gasteiger partial charge in [0.15, 0.2) is 0 Å². The predicted molar refractivity (Wildman–Crippen MR) is 66.1 cm³/mol. The van der Waals surface area contributed by atoms with E-state index in [4.69, 9.17) is 0 Å². The highest BCUT2D eigenvalue weighted by atomic mass is 32.1. The number of halogens is 3. The van der Waals surface area contributed by atoms with Gasteiger partial charge in [-0.2, -0.15) is 0 Å². The Morgan fingerprint density at radius 3 is 2.74 bits per heavy atom. The number of alkyl halides is 3. The Morgan fingerprint density at radius 1 is 1.21 bits per heavy atom. The zero-order chi connectivity index (χ0) is 13.5. The van der Waals surface area contributed by atoms with Crippen LogP contribution in [0.5, 0.6) is 5.75 Å². The summed E-state index contributed by atoms with van der Waals surface area (Å²) in [4.78, 5) is 8.23. The average Bonchev–Trinajstić information content (AvgIpc) is 2.94. The number of nitrogens with one attached hydrogen (secondary N) is 1. The number of thiophene rings is 1. The molecule has 2 aromatic heterocycles. The van der Waals surface area contributed by atoms with Crippen LogP contribution >= 0.6 is 11.3 Å². The predicted octanol–water partition coefficient (Wildman–Crippen LogP) is 4.19. The van der Waals surface area contributed by atoms with Gasteiger partial charge in [-0.3, -0.25) is 0 Å². The quantitative estimate of drug-likeness (QED) is 0.766. The molecule has 0 saturated carbocycles. The molecule has 1 N–H and O–H groups in total. The third-order valence-electron chi connectivity index (χ3n) is 2.44. The molecule has 3 nitrogen and oxygen atoms in total. The van der Waals surface area contributed by atoms with Crippen LogP contribution in [-0.4, -0.2) is 16.3 Å². The Morgan fingerprint density at radius 2 is 2.05 bits per heavy atom. The average molecular weight is 284 g/mol. The lowest BCUT2D eigenvalue weighted by molar-refractivity contribution is -0.274. The van der Waals surface area contributed by atoms with Gasteiger partial charge in [0, 0.05) is 6.07 Å². The number of H-pyrrole nitrogens is 1. The number of benzene rings is 1. The zero-order valence-electron chi connectivity index (χ0n) is 9.36. The molecule has 0 unspecified atom stereocenters. The fraction of sp³-hybridized carbons (Fsp3) is 0.0833. The van der Waals surface area contributed by atoms with Gasteiger partial charge in [0.05, 0.1) is 15.9 Å². The minimum absolute atomic E-state index is 0.274. The minimum atomic E-state index is -4.69. The molecule has 98 valence electrons. The van der Waals surface area contributed by atoms with Crippen molar-refractivity contribution in [2.45, 2.75) is 6.36 Å². The van der Waals surface area contributed by atoms with Crippen molar-refractivity contribution in [2.24, 2.45) is 0 Å². The van der Waals surface area contributed by atoms with Crippen LogP contribution in [0.25, 0.3) is 21.7 Å². The third-order valence-corrected chi connectivity index (χ3v) is 3.32. The van der Waals surface area contributed by atoms with E-state index in [1.165, 1.54) is 29.5 Å². The van der Waals surface area contributed by atoms with Crippen molar-refractivity contribution in [1.29, 1.82) is 0 Å². The molecular weight excluding hydrogens is 277 g/mol. The number of nitrogens with zero attached hydrogens (tertiary/aromatic N) is 1. The molecule has 3 aromatic rings. The number of imidazole rings is 1. The molecule has 3 rings (SSSR count). The lowest BCUT2D eigenvalue weighted by atomic mass is 10.3. The molecule has 0 amide bonds. The van der Waals surface area contributed by atoms with Gasteiger partial charge in [-0.25, -0.2) is 4.98 Å². The second kappa shape index (κ2) is 4.27. The van der Waals surface area contributed by atoms with E-state index in [1.807, 2.05) is 17.5 Å². The maximum absolute atomic E-state index is 12.1. The maximum atomic E-state index is 12.1. The highest BCUT2D eigenvalue weighted by molar-refractivity contribution is 7.13. The molecule has 0 atom stereocenters. The van der Waals surface area contributed by atoms with E-state index in [0.717, 1.165) is 4.88 Å². The largest absolute Gasteiger partial charge is 0.573 e. The molecule has 0 saturated heterocycles. The molecule has 0 aliphatic carbocycles. The minimum Gasteiger partial charge on any atom is -0.406 e. The van der Waals surface area contributed by atoms with E-state index in [-0.39, 0.29) is 5.75 Å². The van der Waals surface area contributed by atoms with Crippen LogP contribution in [0.3, 0.4) is 0 Å². The monoisotopic (exact) mass is 284 g/mol. The van der Waals surface area contributed by atoms with Gasteiger partial charge in [0.25, 0.3) is 0 Å². The standard InChI is InChI=1S/C12H7F3N2OS/c13-12(14,15)18-7-3-4-8-9(6-7)17-11(16-8)10-2-1-5-19-10/h1-6H,(H,16,17). The summed E-state index contributed by atoms with van der Waals surface area (Å²) < 4.78 is 40.2. The molecule has 0 radical (unpaired) electrons. The summed E-state index contributed by atoms with van der Waals surface area (Å²) in [5, 5.41) is 1.90. The van der Waals surface area contributed by atoms with Gasteiger partial charge < -0.3 is 9.72 Å². The summed E-state index contributed by atoms with van der Waals surface area (Å²) in [5.74, 6) is 0.360. The highest BCUT2D eigenvalue weighted by Gasteiger charge is 2.31. The fourth-order valence-electron chi connectivity index (χ4n) is 1.71. The Labute approximate surface area is 109 Å². The van der Waals surface area contributed by atoms with Crippen LogP contribution in [0.15, 0.2) is 35.7 Å². The first-order valence-corrected chi connectivity index (χ1v) is 6.19. The Bertz CT molecular complexity index is 703. The van der Waals surface area contributed by atoms with Crippen molar-refractivity contribution in [3.63, 3.8) is 0 Å². The van der Waals surface area contributed by atoms with E-state index in [9.17, 15) is 13.2 Å². The SMILES string of the molecule is FC(F)(F)Oc1ccc2[nH]c(-c3cccs3)nc2c1. The van der Waals surface area contributed by atoms with Crippen LogP contribution in [0.2, 0.25) is 0 Å².